The number of halogens is 1. The largest absolute Gasteiger partial charge is 1.00 e. The zero-order chi connectivity index (χ0) is 10.2. The van der Waals surface area contributed by atoms with Crippen LogP contribution in [0.2, 0.25) is 0 Å². The standard InChI is InChI=1S/3C4H10.ClH.Sn/c3*1-3-4-2;;/h3*3-4H2,1-2H3;1H;/p-1. The molecular formula is C12H30ClSn-. The fourth-order valence-electron chi connectivity index (χ4n) is 0. The van der Waals surface area contributed by atoms with Crippen molar-refractivity contribution >= 4 is 23.9 Å². The van der Waals surface area contributed by atoms with E-state index in [1.807, 2.05) is 0 Å². The van der Waals surface area contributed by atoms with Gasteiger partial charge in [0.2, 0.25) is 0 Å². The molecule has 90 valence electrons. The molecule has 0 aromatic rings. The van der Waals surface area contributed by atoms with Crippen molar-refractivity contribution in [1.82, 2.24) is 0 Å². The monoisotopic (exact) mass is 329 g/mol. The van der Waals surface area contributed by atoms with Crippen molar-refractivity contribution in [3.63, 3.8) is 0 Å². The summed E-state index contributed by atoms with van der Waals surface area (Å²) in [6.45, 7) is 13.1. The SMILES string of the molecule is CCCC.CCCC.CCCC.[Cl-].[Sn]. The average molecular weight is 329 g/mol. The maximum Gasteiger partial charge on any atom is 0 e. The molecule has 0 unspecified atom stereocenters. The first-order valence-electron chi connectivity index (χ1n) is 5.74. The molecule has 0 heterocycles. The molecule has 0 bridgehead atoms. The summed E-state index contributed by atoms with van der Waals surface area (Å²) < 4.78 is 0. The van der Waals surface area contributed by atoms with Crippen molar-refractivity contribution in [3.05, 3.63) is 0 Å². The second-order valence-corrected chi connectivity index (χ2v) is 3.00. The van der Waals surface area contributed by atoms with E-state index in [2.05, 4.69) is 41.5 Å². The van der Waals surface area contributed by atoms with E-state index in [-0.39, 0.29) is 36.3 Å². The molecule has 0 atom stereocenters. The Morgan fingerprint density at radius 2 is 0.500 bits per heavy atom. The molecule has 0 aliphatic rings. The van der Waals surface area contributed by atoms with Gasteiger partial charge in [-0.2, -0.15) is 0 Å². The Balaban J connectivity index is -0.0000000270. The molecule has 0 nitrogen and oxygen atoms in total. The maximum absolute atomic E-state index is 2.18. The minimum absolute atomic E-state index is 0. The van der Waals surface area contributed by atoms with Gasteiger partial charge >= 0.3 is 0 Å². The number of rotatable bonds is 3. The fourth-order valence-corrected chi connectivity index (χ4v) is 0. The predicted molar refractivity (Wildman–Crippen MR) is 67.5 cm³/mol. The van der Waals surface area contributed by atoms with Crippen molar-refractivity contribution in [3.8, 4) is 0 Å². The summed E-state index contributed by atoms with van der Waals surface area (Å²) >= 11 is 0. The second-order valence-electron chi connectivity index (χ2n) is 3.00. The molecule has 0 fully saturated rings. The molecule has 0 rings (SSSR count). The fraction of sp³-hybridized carbons (Fsp3) is 1.00. The van der Waals surface area contributed by atoms with E-state index in [0.717, 1.165) is 0 Å². The Morgan fingerprint density at radius 1 is 0.429 bits per heavy atom. The Bertz CT molecular complexity index is 25.8. The number of hydrogen-bond donors (Lipinski definition) is 0. The Hall–Kier alpha value is 1.09. The van der Waals surface area contributed by atoms with Crippen LogP contribution in [0.5, 0.6) is 0 Å². The second kappa shape index (κ2) is 48.0. The quantitative estimate of drug-likeness (QED) is 0.696. The van der Waals surface area contributed by atoms with Gasteiger partial charge in [0, 0.05) is 23.9 Å². The third-order valence-electron chi connectivity index (χ3n) is 1.50. The summed E-state index contributed by atoms with van der Waals surface area (Å²) in [5, 5.41) is 0. The van der Waals surface area contributed by atoms with Crippen molar-refractivity contribution in [2.75, 3.05) is 0 Å². The Kier molecular flexibility index (Phi) is 101. The first-order valence-corrected chi connectivity index (χ1v) is 5.74. The zero-order valence-corrected chi connectivity index (χ0v) is 14.7. The number of unbranched alkanes of at least 4 members (excludes halogenated alkanes) is 3. The van der Waals surface area contributed by atoms with Crippen LogP contribution in [0.3, 0.4) is 0 Å². The summed E-state index contributed by atoms with van der Waals surface area (Å²) in [6, 6.07) is 0. The van der Waals surface area contributed by atoms with Gasteiger partial charge in [-0.3, -0.25) is 0 Å². The summed E-state index contributed by atoms with van der Waals surface area (Å²) in [5.74, 6) is 0. The van der Waals surface area contributed by atoms with Crippen LogP contribution < -0.4 is 12.4 Å². The van der Waals surface area contributed by atoms with Crippen molar-refractivity contribution in [2.45, 2.75) is 80.1 Å². The van der Waals surface area contributed by atoms with E-state index < -0.39 is 0 Å². The molecule has 2 heteroatoms. The maximum atomic E-state index is 2.18. The predicted octanol–water partition coefficient (Wildman–Crippen LogP) is 2.04. The van der Waals surface area contributed by atoms with Gasteiger partial charge < -0.3 is 12.4 Å². The van der Waals surface area contributed by atoms with Crippen LogP contribution in [0.15, 0.2) is 0 Å². The molecule has 14 heavy (non-hydrogen) atoms. The molecule has 0 N–H and O–H groups in total. The van der Waals surface area contributed by atoms with Gasteiger partial charge in [-0.25, -0.2) is 0 Å². The van der Waals surface area contributed by atoms with E-state index in [1.54, 1.807) is 0 Å². The third-order valence-corrected chi connectivity index (χ3v) is 1.50. The van der Waals surface area contributed by atoms with E-state index in [9.17, 15) is 0 Å². The molecule has 0 aliphatic carbocycles. The molecule has 0 spiro atoms. The van der Waals surface area contributed by atoms with E-state index in [0.29, 0.717) is 0 Å². The smallest absolute Gasteiger partial charge is 0 e. The molecule has 0 aliphatic heterocycles. The van der Waals surface area contributed by atoms with Crippen LogP contribution in [0.1, 0.15) is 80.1 Å². The Morgan fingerprint density at radius 3 is 0.500 bits per heavy atom. The van der Waals surface area contributed by atoms with Crippen LogP contribution in [0.25, 0.3) is 0 Å². The van der Waals surface area contributed by atoms with E-state index in [1.165, 1.54) is 38.5 Å². The van der Waals surface area contributed by atoms with Gasteiger partial charge in [0.05, 0.1) is 0 Å². The van der Waals surface area contributed by atoms with Crippen LogP contribution in [-0.2, 0) is 0 Å². The first-order chi connectivity index (χ1) is 5.74. The van der Waals surface area contributed by atoms with Gasteiger partial charge in [-0.05, 0) is 0 Å². The van der Waals surface area contributed by atoms with Gasteiger partial charge in [-0.15, -0.1) is 0 Å². The minimum Gasteiger partial charge on any atom is -1.00 e. The van der Waals surface area contributed by atoms with Gasteiger partial charge in [-0.1, -0.05) is 80.1 Å². The van der Waals surface area contributed by atoms with Gasteiger partial charge in [0.15, 0.2) is 0 Å². The summed E-state index contributed by atoms with van der Waals surface area (Å²) in [5.41, 5.74) is 0. The van der Waals surface area contributed by atoms with Crippen molar-refractivity contribution < 1.29 is 12.4 Å². The molecule has 0 aromatic carbocycles. The van der Waals surface area contributed by atoms with Crippen LogP contribution in [0, 0.1) is 0 Å². The summed E-state index contributed by atoms with van der Waals surface area (Å²) in [4.78, 5) is 0. The van der Waals surface area contributed by atoms with Crippen molar-refractivity contribution in [1.29, 1.82) is 0 Å². The first kappa shape index (κ1) is 29.4. The molecule has 0 aromatic heterocycles. The van der Waals surface area contributed by atoms with Gasteiger partial charge in [0.25, 0.3) is 0 Å². The minimum atomic E-state index is 0. The van der Waals surface area contributed by atoms with Crippen LogP contribution >= 0.6 is 0 Å². The average Bonchev–Trinajstić information content (AvgIpc) is 2.18. The molecule has 4 radical (unpaired) electrons. The van der Waals surface area contributed by atoms with E-state index >= 15 is 0 Å². The normalized spacial score (nSPS) is 6.43. The summed E-state index contributed by atoms with van der Waals surface area (Å²) in [7, 11) is 0. The van der Waals surface area contributed by atoms with Gasteiger partial charge in [0.1, 0.15) is 0 Å². The van der Waals surface area contributed by atoms with Crippen LogP contribution in [-0.4, -0.2) is 23.9 Å². The van der Waals surface area contributed by atoms with Crippen LogP contribution in [0.4, 0.5) is 0 Å². The van der Waals surface area contributed by atoms with Crippen molar-refractivity contribution in [2.24, 2.45) is 0 Å². The Labute approximate surface area is 116 Å². The number of hydrogen-bond acceptors (Lipinski definition) is 0. The third kappa shape index (κ3) is 114. The summed E-state index contributed by atoms with van der Waals surface area (Å²) in [6.07, 6.45) is 7.92. The zero-order valence-electron chi connectivity index (χ0n) is 11.1. The topological polar surface area (TPSA) is 0 Å². The molecule has 0 saturated heterocycles. The molecule has 0 saturated carbocycles. The van der Waals surface area contributed by atoms with E-state index in [4.69, 9.17) is 0 Å². The molecular weight excluding hydrogens is 298 g/mol. The molecule has 0 amide bonds.